The fraction of sp³-hybridized carbons (Fsp3) is 1.00. The van der Waals surface area contributed by atoms with Gasteiger partial charge in [-0.15, -0.1) is 0 Å². The van der Waals surface area contributed by atoms with Gasteiger partial charge in [-0.3, -0.25) is 0 Å². The minimum Gasteiger partial charge on any atom is -0.394 e. The Morgan fingerprint density at radius 3 is 2.41 bits per heavy atom. The van der Waals surface area contributed by atoms with Crippen molar-refractivity contribution in [2.75, 3.05) is 6.61 Å². The molecule has 0 spiro atoms. The fourth-order valence-corrected chi connectivity index (χ4v) is 8.53. The number of aliphatic hydroxyl groups excluding tert-OH is 4. The first-order valence-electron chi connectivity index (χ1n) is 11.4. The largest absolute Gasteiger partial charge is 0.394 e. The maximum absolute atomic E-state index is 11.4. The maximum atomic E-state index is 11.4. The predicted molar refractivity (Wildman–Crippen MR) is 105 cm³/mol. The first-order chi connectivity index (χ1) is 12.7. The van der Waals surface area contributed by atoms with Crippen LogP contribution >= 0.6 is 0 Å². The van der Waals surface area contributed by atoms with Gasteiger partial charge in [0.05, 0.1) is 24.9 Å². The summed E-state index contributed by atoms with van der Waals surface area (Å²) in [5.74, 6) is 2.65. The molecule has 0 saturated heterocycles. The van der Waals surface area contributed by atoms with Crippen molar-refractivity contribution < 1.29 is 20.4 Å². The van der Waals surface area contributed by atoms with E-state index in [0.29, 0.717) is 23.7 Å². The Hall–Kier alpha value is -0.160. The van der Waals surface area contributed by atoms with E-state index >= 15 is 0 Å². The van der Waals surface area contributed by atoms with Gasteiger partial charge in [-0.2, -0.15) is 0 Å². The average molecular weight is 381 g/mol. The van der Waals surface area contributed by atoms with Crippen molar-refractivity contribution in [3.63, 3.8) is 0 Å². The predicted octanol–water partition coefficient (Wildman–Crippen LogP) is 2.97. The van der Waals surface area contributed by atoms with Crippen molar-refractivity contribution in [2.24, 2.45) is 46.3 Å². The van der Waals surface area contributed by atoms with E-state index in [1.54, 1.807) is 0 Å². The normalized spacial score (nSPS) is 54.6. The molecule has 0 aromatic heterocycles. The van der Waals surface area contributed by atoms with E-state index in [9.17, 15) is 20.4 Å². The van der Waals surface area contributed by atoms with E-state index < -0.39 is 6.10 Å². The van der Waals surface area contributed by atoms with Crippen LogP contribution in [0.5, 0.6) is 0 Å². The molecule has 0 aromatic carbocycles. The van der Waals surface area contributed by atoms with Gasteiger partial charge in [-0.05, 0) is 97.7 Å². The lowest BCUT2D eigenvalue weighted by Gasteiger charge is -2.62. The van der Waals surface area contributed by atoms with E-state index in [2.05, 4.69) is 20.8 Å². The molecule has 4 N–H and O–H groups in total. The molecule has 4 fully saturated rings. The standard InChI is InChI=1S/C23H40O4/c1-13(20(26)12-24)17-6-7-18-16-5-4-14-10-15(25)8-9-22(14,2)19(16)11-21(27)23(17,18)3/h13-21,24-27H,4-12H2,1-3H3/t13-,14+,15+,16-,17+,18-,19-,20?,21-,22-,23+/m0/s1. The zero-order chi connectivity index (χ0) is 19.6. The third kappa shape index (κ3) is 2.85. The Morgan fingerprint density at radius 2 is 1.70 bits per heavy atom. The van der Waals surface area contributed by atoms with Crippen LogP contribution in [0.2, 0.25) is 0 Å². The molecule has 4 aliphatic carbocycles. The zero-order valence-electron chi connectivity index (χ0n) is 17.3. The molecule has 4 heteroatoms. The minimum absolute atomic E-state index is 0.0213. The van der Waals surface area contributed by atoms with Crippen molar-refractivity contribution in [3.05, 3.63) is 0 Å². The van der Waals surface area contributed by atoms with Crippen molar-refractivity contribution in [1.82, 2.24) is 0 Å². The second-order valence-corrected chi connectivity index (χ2v) is 11.0. The molecular weight excluding hydrogens is 340 g/mol. The molecule has 0 aromatic rings. The molecule has 0 amide bonds. The van der Waals surface area contributed by atoms with Crippen LogP contribution in [0.1, 0.15) is 72.1 Å². The van der Waals surface area contributed by atoms with Crippen molar-refractivity contribution in [1.29, 1.82) is 0 Å². The highest BCUT2D eigenvalue weighted by Gasteiger charge is 2.64. The molecule has 4 aliphatic rings. The number of fused-ring (bicyclic) bond motifs is 5. The van der Waals surface area contributed by atoms with Crippen LogP contribution in [0.3, 0.4) is 0 Å². The SMILES string of the molecule is C[C@H](C(O)CO)[C@H]1CC[C@H]2[C@@H]3CC[C@@H]4C[C@H](O)CC[C@]4(C)[C@H]3C[C@H](O)[C@]12C. The van der Waals surface area contributed by atoms with E-state index in [1.807, 2.05) is 0 Å². The second-order valence-electron chi connectivity index (χ2n) is 11.0. The van der Waals surface area contributed by atoms with Crippen LogP contribution in [0.4, 0.5) is 0 Å². The molecule has 1 unspecified atom stereocenters. The topological polar surface area (TPSA) is 80.9 Å². The van der Waals surface area contributed by atoms with Crippen LogP contribution in [-0.2, 0) is 0 Å². The molecule has 4 saturated carbocycles. The van der Waals surface area contributed by atoms with Gasteiger partial charge in [-0.1, -0.05) is 20.8 Å². The first kappa shape index (κ1) is 20.1. The van der Waals surface area contributed by atoms with Crippen LogP contribution in [0.15, 0.2) is 0 Å². The third-order valence-electron chi connectivity index (χ3n) is 10.2. The number of aliphatic hydroxyl groups is 4. The molecule has 0 aliphatic heterocycles. The molecule has 0 bridgehead atoms. The van der Waals surface area contributed by atoms with Gasteiger partial charge in [0.2, 0.25) is 0 Å². The molecule has 4 rings (SSSR count). The molecular formula is C23H40O4. The highest BCUT2D eigenvalue weighted by molar-refractivity contribution is 5.12. The smallest absolute Gasteiger partial charge is 0.0799 e. The molecule has 156 valence electrons. The number of hydrogen-bond donors (Lipinski definition) is 4. The Labute approximate surface area is 164 Å². The van der Waals surface area contributed by atoms with Gasteiger partial charge < -0.3 is 20.4 Å². The summed E-state index contributed by atoms with van der Waals surface area (Å²) in [7, 11) is 0. The first-order valence-corrected chi connectivity index (χ1v) is 11.4. The lowest BCUT2D eigenvalue weighted by atomic mass is 9.43. The fourth-order valence-electron chi connectivity index (χ4n) is 8.53. The maximum Gasteiger partial charge on any atom is 0.0799 e. The van der Waals surface area contributed by atoms with Crippen molar-refractivity contribution >= 4 is 0 Å². The summed E-state index contributed by atoms with van der Waals surface area (Å²) in [6, 6.07) is 0. The van der Waals surface area contributed by atoms with Crippen molar-refractivity contribution in [3.8, 4) is 0 Å². The van der Waals surface area contributed by atoms with Crippen molar-refractivity contribution in [2.45, 2.75) is 90.4 Å². The van der Waals surface area contributed by atoms with Gasteiger partial charge in [0.1, 0.15) is 0 Å². The summed E-state index contributed by atoms with van der Waals surface area (Å²) < 4.78 is 0. The molecule has 0 heterocycles. The van der Waals surface area contributed by atoms with E-state index in [0.717, 1.165) is 38.5 Å². The third-order valence-corrected chi connectivity index (χ3v) is 10.2. The summed E-state index contributed by atoms with van der Waals surface area (Å²) in [4.78, 5) is 0. The van der Waals surface area contributed by atoms with Gasteiger partial charge in [0.25, 0.3) is 0 Å². The lowest BCUT2D eigenvalue weighted by Crippen LogP contribution is -2.59. The monoisotopic (exact) mass is 380 g/mol. The highest BCUT2D eigenvalue weighted by Crippen LogP contribution is 2.68. The van der Waals surface area contributed by atoms with Gasteiger partial charge in [0.15, 0.2) is 0 Å². The van der Waals surface area contributed by atoms with E-state index in [1.165, 1.54) is 12.8 Å². The molecule has 4 nitrogen and oxygen atoms in total. The van der Waals surface area contributed by atoms with Crippen LogP contribution < -0.4 is 0 Å². The Morgan fingerprint density at radius 1 is 0.963 bits per heavy atom. The molecule has 27 heavy (non-hydrogen) atoms. The van der Waals surface area contributed by atoms with Gasteiger partial charge in [-0.25, -0.2) is 0 Å². The highest BCUT2D eigenvalue weighted by atomic mass is 16.3. The Kier molecular flexibility index (Phi) is 5.19. The van der Waals surface area contributed by atoms with Gasteiger partial charge >= 0.3 is 0 Å². The summed E-state index contributed by atoms with van der Waals surface area (Å²) >= 11 is 0. The van der Waals surface area contributed by atoms with E-state index in [4.69, 9.17) is 0 Å². The molecule has 11 atom stereocenters. The van der Waals surface area contributed by atoms with Crippen LogP contribution in [-0.4, -0.2) is 45.3 Å². The van der Waals surface area contributed by atoms with E-state index in [-0.39, 0.29) is 41.5 Å². The number of hydrogen-bond acceptors (Lipinski definition) is 4. The second kappa shape index (κ2) is 6.97. The van der Waals surface area contributed by atoms with Crippen LogP contribution in [0.25, 0.3) is 0 Å². The Balaban J connectivity index is 1.61. The Bertz CT molecular complexity index is 552. The summed E-state index contributed by atoms with van der Waals surface area (Å²) in [6.45, 7) is 6.58. The zero-order valence-corrected chi connectivity index (χ0v) is 17.3. The minimum atomic E-state index is -0.691. The summed E-state index contributed by atoms with van der Waals surface area (Å²) in [5, 5.41) is 41.3. The number of rotatable bonds is 3. The summed E-state index contributed by atoms with van der Waals surface area (Å²) in [6.07, 6.45) is 7.33. The quantitative estimate of drug-likeness (QED) is 0.607. The summed E-state index contributed by atoms with van der Waals surface area (Å²) in [5.41, 5.74) is 0.118. The lowest BCUT2D eigenvalue weighted by molar-refractivity contribution is -0.178. The van der Waals surface area contributed by atoms with Gasteiger partial charge in [0, 0.05) is 0 Å². The van der Waals surface area contributed by atoms with Crippen LogP contribution in [0, 0.1) is 46.3 Å². The molecule has 0 radical (unpaired) electrons. The average Bonchev–Trinajstić information content (AvgIpc) is 3.01.